The maximum atomic E-state index is 11.3. The molecule has 0 bridgehead atoms. The molecule has 0 aromatic heterocycles. The first-order valence-corrected chi connectivity index (χ1v) is 7.13. The second kappa shape index (κ2) is 6.26. The summed E-state index contributed by atoms with van der Waals surface area (Å²) in [5.41, 5.74) is 1.82. The van der Waals surface area contributed by atoms with E-state index in [4.69, 9.17) is 11.6 Å². The van der Waals surface area contributed by atoms with Crippen LogP contribution in [0.15, 0.2) is 18.2 Å². The lowest BCUT2D eigenvalue weighted by molar-refractivity contribution is -0.880. The van der Waals surface area contributed by atoms with E-state index in [1.807, 2.05) is 25.1 Å². The lowest BCUT2D eigenvalue weighted by atomic mass is 10.2. The van der Waals surface area contributed by atoms with Gasteiger partial charge in [-0.05, 0) is 18.2 Å². The molecule has 4 nitrogen and oxygen atoms in total. The third-order valence-electron chi connectivity index (χ3n) is 3.51. The van der Waals surface area contributed by atoms with Crippen LogP contribution in [0.5, 0.6) is 0 Å². The van der Waals surface area contributed by atoms with Crippen LogP contribution >= 0.6 is 11.6 Å². The number of carbonyl (C=O) groups is 1. The Morgan fingerprint density at radius 2 is 2.11 bits per heavy atom. The third-order valence-corrected chi connectivity index (χ3v) is 3.81. The molecule has 2 N–H and O–H groups in total. The van der Waals surface area contributed by atoms with Crippen molar-refractivity contribution >= 4 is 28.9 Å². The predicted molar refractivity (Wildman–Crippen MR) is 79.2 cm³/mol. The second-order valence-electron chi connectivity index (χ2n) is 5.01. The van der Waals surface area contributed by atoms with Gasteiger partial charge in [0.1, 0.15) is 0 Å². The molecule has 1 fully saturated rings. The zero-order valence-corrected chi connectivity index (χ0v) is 12.3. The molecule has 1 heterocycles. The number of likely N-dealkylation sites (N-methyl/N-ethyl adjacent to an activating group) is 1. The maximum Gasteiger partial charge on any atom is 0.224 e. The van der Waals surface area contributed by atoms with E-state index >= 15 is 0 Å². The molecule has 1 amide bonds. The molecule has 1 saturated heterocycles. The van der Waals surface area contributed by atoms with Gasteiger partial charge in [0.15, 0.2) is 0 Å². The van der Waals surface area contributed by atoms with Gasteiger partial charge in [0.25, 0.3) is 0 Å². The van der Waals surface area contributed by atoms with Crippen molar-refractivity contribution < 1.29 is 9.69 Å². The highest BCUT2D eigenvalue weighted by Crippen LogP contribution is 2.28. The predicted octanol–water partition coefficient (Wildman–Crippen LogP) is 1.02. The van der Waals surface area contributed by atoms with Gasteiger partial charge in [0, 0.05) is 12.1 Å². The Morgan fingerprint density at radius 1 is 1.42 bits per heavy atom. The summed E-state index contributed by atoms with van der Waals surface area (Å²) in [6.07, 6.45) is 0.473. The normalized spacial score (nSPS) is 16.5. The number of nitrogens with zero attached hydrogens (tertiary/aromatic N) is 1. The number of hydrogen-bond acceptors (Lipinski definition) is 2. The lowest BCUT2D eigenvalue weighted by Gasteiger charge is -2.32. The van der Waals surface area contributed by atoms with E-state index < -0.39 is 0 Å². The van der Waals surface area contributed by atoms with Crippen LogP contribution in [0.1, 0.15) is 13.3 Å². The first-order valence-electron chi connectivity index (χ1n) is 6.75. The Labute approximate surface area is 119 Å². The number of quaternary nitrogens is 1. The zero-order valence-electron chi connectivity index (χ0n) is 11.5. The van der Waals surface area contributed by atoms with Crippen LogP contribution < -0.4 is 15.1 Å². The van der Waals surface area contributed by atoms with Gasteiger partial charge in [-0.25, -0.2) is 0 Å². The number of halogens is 1. The smallest absolute Gasteiger partial charge is 0.224 e. The number of piperazine rings is 1. The van der Waals surface area contributed by atoms with Crippen LogP contribution in [0.2, 0.25) is 5.02 Å². The molecule has 1 aliphatic rings. The van der Waals surface area contributed by atoms with Gasteiger partial charge in [0.2, 0.25) is 5.91 Å². The van der Waals surface area contributed by atoms with Crippen molar-refractivity contribution in [1.82, 2.24) is 0 Å². The molecule has 1 aromatic rings. The van der Waals surface area contributed by atoms with E-state index in [2.05, 4.69) is 17.3 Å². The summed E-state index contributed by atoms with van der Waals surface area (Å²) < 4.78 is 0. The van der Waals surface area contributed by atoms with E-state index in [0.29, 0.717) is 11.4 Å². The minimum Gasteiger partial charge on any atom is -0.359 e. The van der Waals surface area contributed by atoms with Crippen LogP contribution in [-0.2, 0) is 4.79 Å². The molecule has 0 unspecified atom stereocenters. The molecule has 1 aliphatic heterocycles. The van der Waals surface area contributed by atoms with Crippen molar-refractivity contribution in [1.29, 1.82) is 0 Å². The fraction of sp³-hybridized carbons (Fsp3) is 0.500. The van der Waals surface area contributed by atoms with Crippen molar-refractivity contribution in [3.8, 4) is 0 Å². The summed E-state index contributed by atoms with van der Waals surface area (Å²) in [7, 11) is 2.21. The Kier molecular flexibility index (Phi) is 4.66. The average molecular weight is 283 g/mol. The van der Waals surface area contributed by atoms with Crippen molar-refractivity contribution in [2.24, 2.45) is 0 Å². The SMILES string of the molecule is CCC(=O)Nc1ccc(N2CC[NH+](C)CC2)c(Cl)c1. The minimum atomic E-state index is 0.00649. The first kappa shape index (κ1) is 14.2. The molecular weight excluding hydrogens is 262 g/mol. The molecule has 5 heteroatoms. The molecule has 104 valence electrons. The van der Waals surface area contributed by atoms with Gasteiger partial charge in [0.05, 0.1) is 43.9 Å². The molecule has 1 aromatic carbocycles. The van der Waals surface area contributed by atoms with Gasteiger partial charge in [-0.3, -0.25) is 4.79 Å². The summed E-state index contributed by atoms with van der Waals surface area (Å²) >= 11 is 6.33. The van der Waals surface area contributed by atoms with Gasteiger partial charge in [-0.2, -0.15) is 0 Å². The Hall–Kier alpha value is -1.26. The van der Waals surface area contributed by atoms with E-state index in [0.717, 1.165) is 37.6 Å². The summed E-state index contributed by atoms with van der Waals surface area (Å²) in [5.74, 6) is 0.00649. The topological polar surface area (TPSA) is 36.8 Å². The Morgan fingerprint density at radius 3 is 2.68 bits per heavy atom. The monoisotopic (exact) mass is 282 g/mol. The summed E-state index contributed by atoms with van der Waals surface area (Å²) in [6, 6.07) is 5.74. The number of rotatable bonds is 3. The number of benzene rings is 1. The molecular formula is C14H21ClN3O+. The maximum absolute atomic E-state index is 11.3. The van der Waals surface area contributed by atoms with Crippen LogP contribution in [0, 0.1) is 0 Å². The Balaban J connectivity index is 2.08. The minimum absolute atomic E-state index is 0.00649. The van der Waals surface area contributed by atoms with Crippen LogP contribution in [0.3, 0.4) is 0 Å². The lowest BCUT2D eigenvalue weighted by Crippen LogP contribution is -3.12. The first-order chi connectivity index (χ1) is 9.10. The standard InChI is InChI=1S/C14H20ClN3O/c1-3-14(19)16-11-4-5-13(12(15)10-11)18-8-6-17(2)7-9-18/h4-5,10H,3,6-9H2,1-2H3,(H,16,19)/p+1. The fourth-order valence-corrected chi connectivity index (χ4v) is 2.52. The van der Waals surface area contributed by atoms with Gasteiger partial charge in [-0.1, -0.05) is 18.5 Å². The van der Waals surface area contributed by atoms with Crippen molar-refractivity contribution in [2.45, 2.75) is 13.3 Å². The summed E-state index contributed by atoms with van der Waals surface area (Å²) in [6.45, 7) is 6.13. The molecule has 0 spiro atoms. The number of carbonyl (C=O) groups excluding carboxylic acids is 1. The molecule has 0 aliphatic carbocycles. The van der Waals surface area contributed by atoms with Crippen molar-refractivity contribution in [3.63, 3.8) is 0 Å². The van der Waals surface area contributed by atoms with E-state index in [9.17, 15) is 4.79 Å². The van der Waals surface area contributed by atoms with Gasteiger partial charge in [-0.15, -0.1) is 0 Å². The van der Waals surface area contributed by atoms with Crippen LogP contribution in [0.25, 0.3) is 0 Å². The highest BCUT2D eigenvalue weighted by Gasteiger charge is 2.19. The third kappa shape index (κ3) is 3.61. The summed E-state index contributed by atoms with van der Waals surface area (Å²) in [4.78, 5) is 15.2. The highest BCUT2D eigenvalue weighted by molar-refractivity contribution is 6.33. The molecule has 0 radical (unpaired) electrons. The fourth-order valence-electron chi connectivity index (χ4n) is 2.22. The van der Waals surface area contributed by atoms with Crippen molar-refractivity contribution in [3.05, 3.63) is 23.2 Å². The number of hydrogen-bond donors (Lipinski definition) is 2. The largest absolute Gasteiger partial charge is 0.359 e. The van der Waals surface area contributed by atoms with E-state index in [1.54, 1.807) is 4.90 Å². The number of nitrogens with one attached hydrogen (secondary N) is 2. The summed E-state index contributed by atoms with van der Waals surface area (Å²) in [5, 5.41) is 3.53. The van der Waals surface area contributed by atoms with Gasteiger partial charge >= 0.3 is 0 Å². The Bertz CT molecular complexity index is 456. The molecule has 0 atom stereocenters. The van der Waals surface area contributed by atoms with Crippen LogP contribution in [0.4, 0.5) is 11.4 Å². The van der Waals surface area contributed by atoms with Crippen LogP contribution in [-0.4, -0.2) is 39.1 Å². The molecule has 19 heavy (non-hydrogen) atoms. The zero-order chi connectivity index (χ0) is 13.8. The number of amides is 1. The molecule has 2 rings (SSSR count). The van der Waals surface area contributed by atoms with E-state index in [1.165, 1.54) is 0 Å². The highest BCUT2D eigenvalue weighted by atomic mass is 35.5. The van der Waals surface area contributed by atoms with Crippen molar-refractivity contribution in [2.75, 3.05) is 43.4 Å². The van der Waals surface area contributed by atoms with Gasteiger partial charge < -0.3 is 15.1 Å². The quantitative estimate of drug-likeness (QED) is 0.869. The second-order valence-corrected chi connectivity index (χ2v) is 5.42. The average Bonchev–Trinajstić information content (AvgIpc) is 2.40. The molecule has 0 saturated carbocycles. The van der Waals surface area contributed by atoms with E-state index in [-0.39, 0.29) is 5.91 Å². The number of anilines is 2.